The number of hydrogen-bond acceptors (Lipinski definition) is 5. The SMILES string of the molecule is COc1ccc(NC(=S)NN=Cc2ccc(O)cc2O)cc1. The average molecular weight is 317 g/mol. The fourth-order valence-corrected chi connectivity index (χ4v) is 1.81. The molecule has 0 aliphatic heterocycles. The first-order chi connectivity index (χ1) is 10.6. The molecule has 0 saturated carbocycles. The second kappa shape index (κ2) is 7.28. The number of ether oxygens (including phenoxy) is 1. The van der Waals surface area contributed by atoms with Crippen molar-refractivity contribution in [2.75, 3.05) is 12.4 Å². The monoisotopic (exact) mass is 317 g/mol. The van der Waals surface area contributed by atoms with Gasteiger partial charge in [-0.2, -0.15) is 5.10 Å². The lowest BCUT2D eigenvalue weighted by Gasteiger charge is -2.07. The third-order valence-electron chi connectivity index (χ3n) is 2.73. The van der Waals surface area contributed by atoms with Crippen LogP contribution in [0.2, 0.25) is 0 Å². The summed E-state index contributed by atoms with van der Waals surface area (Å²) in [5, 5.41) is 26.0. The molecule has 0 bridgehead atoms. The summed E-state index contributed by atoms with van der Waals surface area (Å²) < 4.78 is 5.07. The highest BCUT2D eigenvalue weighted by molar-refractivity contribution is 7.80. The van der Waals surface area contributed by atoms with Crippen LogP contribution in [-0.4, -0.2) is 28.6 Å². The topological polar surface area (TPSA) is 86.1 Å². The van der Waals surface area contributed by atoms with Crippen molar-refractivity contribution in [1.29, 1.82) is 0 Å². The number of hydrogen-bond donors (Lipinski definition) is 4. The fraction of sp³-hybridized carbons (Fsp3) is 0.0667. The van der Waals surface area contributed by atoms with E-state index in [1.807, 2.05) is 24.3 Å². The van der Waals surface area contributed by atoms with Gasteiger partial charge in [-0.15, -0.1) is 0 Å². The van der Waals surface area contributed by atoms with Gasteiger partial charge in [0.25, 0.3) is 0 Å². The molecule has 0 unspecified atom stereocenters. The summed E-state index contributed by atoms with van der Waals surface area (Å²) in [5.41, 5.74) is 3.88. The van der Waals surface area contributed by atoms with Gasteiger partial charge in [0.05, 0.1) is 13.3 Å². The van der Waals surface area contributed by atoms with Crippen LogP contribution in [0, 0.1) is 0 Å². The lowest BCUT2D eigenvalue weighted by atomic mass is 10.2. The molecule has 4 N–H and O–H groups in total. The maximum Gasteiger partial charge on any atom is 0.191 e. The lowest BCUT2D eigenvalue weighted by molar-refractivity contribution is 0.415. The van der Waals surface area contributed by atoms with E-state index in [0.717, 1.165) is 11.4 Å². The molecule has 22 heavy (non-hydrogen) atoms. The molecule has 0 aliphatic carbocycles. The molecule has 0 spiro atoms. The van der Waals surface area contributed by atoms with Crippen molar-refractivity contribution < 1.29 is 14.9 Å². The van der Waals surface area contributed by atoms with Crippen LogP contribution in [0.5, 0.6) is 17.2 Å². The highest BCUT2D eigenvalue weighted by Crippen LogP contribution is 2.20. The smallest absolute Gasteiger partial charge is 0.191 e. The molecule has 114 valence electrons. The van der Waals surface area contributed by atoms with Crippen molar-refractivity contribution in [1.82, 2.24) is 5.43 Å². The van der Waals surface area contributed by atoms with Gasteiger partial charge in [-0.3, -0.25) is 5.43 Å². The Morgan fingerprint density at radius 3 is 2.55 bits per heavy atom. The van der Waals surface area contributed by atoms with Crippen LogP contribution in [0.15, 0.2) is 47.6 Å². The van der Waals surface area contributed by atoms with Crippen molar-refractivity contribution in [3.05, 3.63) is 48.0 Å². The number of benzene rings is 2. The number of aromatic hydroxyl groups is 2. The van der Waals surface area contributed by atoms with Crippen LogP contribution in [0.1, 0.15) is 5.56 Å². The summed E-state index contributed by atoms with van der Waals surface area (Å²) in [7, 11) is 1.60. The first-order valence-electron chi connectivity index (χ1n) is 6.34. The van der Waals surface area contributed by atoms with E-state index >= 15 is 0 Å². The molecule has 0 aliphatic rings. The van der Waals surface area contributed by atoms with E-state index in [4.69, 9.17) is 17.0 Å². The Morgan fingerprint density at radius 2 is 1.91 bits per heavy atom. The number of phenolic OH excluding ortho intramolecular Hbond substituents is 2. The molecule has 2 rings (SSSR count). The third kappa shape index (κ3) is 4.35. The summed E-state index contributed by atoms with van der Waals surface area (Å²) in [6.07, 6.45) is 1.40. The largest absolute Gasteiger partial charge is 0.508 e. The molecule has 0 amide bonds. The number of rotatable bonds is 4. The van der Waals surface area contributed by atoms with Crippen molar-refractivity contribution in [2.45, 2.75) is 0 Å². The first-order valence-corrected chi connectivity index (χ1v) is 6.75. The average Bonchev–Trinajstić information content (AvgIpc) is 2.50. The molecule has 0 saturated heterocycles. The summed E-state index contributed by atoms with van der Waals surface area (Å²) in [5.74, 6) is 0.670. The molecule has 0 atom stereocenters. The molecule has 2 aromatic rings. The predicted octanol–water partition coefficient (Wildman–Crippen LogP) is 2.43. The second-order valence-electron chi connectivity index (χ2n) is 4.30. The minimum absolute atomic E-state index is 0.0145. The molecular formula is C15H15N3O3S. The molecular weight excluding hydrogens is 302 g/mol. The summed E-state index contributed by atoms with van der Waals surface area (Å²) in [6.45, 7) is 0. The fourth-order valence-electron chi connectivity index (χ4n) is 1.64. The van der Waals surface area contributed by atoms with Crippen LogP contribution in [0.4, 0.5) is 5.69 Å². The zero-order chi connectivity index (χ0) is 15.9. The molecule has 0 heterocycles. The second-order valence-corrected chi connectivity index (χ2v) is 4.70. The van der Waals surface area contributed by atoms with Gasteiger partial charge in [0.1, 0.15) is 17.2 Å². The minimum atomic E-state index is -0.0698. The van der Waals surface area contributed by atoms with Gasteiger partial charge in [0.15, 0.2) is 5.11 Å². The van der Waals surface area contributed by atoms with Crippen LogP contribution < -0.4 is 15.5 Å². The number of phenols is 2. The van der Waals surface area contributed by atoms with Crippen LogP contribution in [0.3, 0.4) is 0 Å². The van der Waals surface area contributed by atoms with Crippen molar-refractivity contribution >= 4 is 29.2 Å². The van der Waals surface area contributed by atoms with E-state index in [0.29, 0.717) is 10.7 Å². The summed E-state index contributed by atoms with van der Waals surface area (Å²) >= 11 is 5.10. The summed E-state index contributed by atoms with van der Waals surface area (Å²) in [6, 6.07) is 11.5. The summed E-state index contributed by atoms with van der Waals surface area (Å²) in [4.78, 5) is 0. The third-order valence-corrected chi connectivity index (χ3v) is 2.92. The zero-order valence-electron chi connectivity index (χ0n) is 11.8. The van der Waals surface area contributed by atoms with E-state index < -0.39 is 0 Å². The molecule has 6 nitrogen and oxygen atoms in total. The van der Waals surface area contributed by atoms with E-state index in [1.165, 1.54) is 24.4 Å². The lowest BCUT2D eigenvalue weighted by Crippen LogP contribution is -2.23. The van der Waals surface area contributed by atoms with Crippen molar-refractivity contribution in [3.8, 4) is 17.2 Å². The Hall–Kier alpha value is -2.80. The minimum Gasteiger partial charge on any atom is -0.508 e. The van der Waals surface area contributed by atoms with E-state index in [2.05, 4.69) is 15.8 Å². The maximum atomic E-state index is 9.60. The Labute approximate surface area is 133 Å². The molecule has 0 radical (unpaired) electrons. The first kappa shape index (κ1) is 15.6. The van der Waals surface area contributed by atoms with Gasteiger partial charge in [0.2, 0.25) is 0 Å². The highest BCUT2D eigenvalue weighted by atomic mass is 32.1. The Balaban J connectivity index is 1.90. The van der Waals surface area contributed by atoms with E-state index in [9.17, 15) is 10.2 Å². The zero-order valence-corrected chi connectivity index (χ0v) is 12.6. The number of hydrazone groups is 1. The van der Waals surface area contributed by atoms with E-state index in [-0.39, 0.29) is 11.5 Å². The Morgan fingerprint density at radius 1 is 1.18 bits per heavy atom. The Bertz CT molecular complexity index is 687. The van der Waals surface area contributed by atoms with Crippen molar-refractivity contribution in [3.63, 3.8) is 0 Å². The van der Waals surface area contributed by atoms with Crippen molar-refractivity contribution in [2.24, 2.45) is 5.10 Å². The Kier molecular flexibility index (Phi) is 5.16. The maximum absolute atomic E-state index is 9.60. The number of nitrogens with one attached hydrogen (secondary N) is 2. The molecule has 7 heteroatoms. The molecule has 0 fully saturated rings. The van der Waals surface area contributed by atoms with Gasteiger partial charge >= 0.3 is 0 Å². The quantitative estimate of drug-likeness (QED) is 0.394. The molecule has 2 aromatic carbocycles. The number of methoxy groups -OCH3 is 1. The van der Waals surface area contributed by atoms with Crippen LogP contribution >= 0.6 is 12.2 Å². The normalized spacial score (nSPS) is 10.4. The standard InChI is InChI=1S/C15H15N3O3S/c1-21-13-6-3-11(4-7-13)17-15(22)18-16-9-10-2-5-12(19)8-14(10)20/h2-9,19-20H,1H3,(H2,17,18,22). The van der Waals surface area contributed by atoms with Gasteiger partial charge in [0, 0.05) is 17.3 Å². The number of nitrogens with zero attached hydrogens (tertiary/aromatic N) is 1. The van der Waals surface area contributed by atoms with E-state index in [1.54, 1.807) is 7.11 Å². The number of thiocarbonyl (C=S) groups is 1. The van der Waals surface area contributed by atoms with Gasteiger partial charge in [-0.25, -0.2) is 0 Å². The predicted molar refractivity (Wildman–Crippen MR) is 89.7 cm³/mol. The van der Waals surface area contributed by atoms with Crippen LogP contribution in [-0.2, 0) is 0 Å². The van der Waals surface area contributed by atoms with Gasteiger partial charge in [-0.1, -0.05) is 0 Å². The molecule has 0 aromatic heterocycles. The highest BCUT2D eigenvalue weighted by Gasteiger charge is 2.00. The van der Waals surface area contributed by atoms with Gasteiger partial charge in [-0.05, 0) is 48.6 Å². The van der Waals surface area contributed by atoms with Gasteiger partial charge < -0.3 is 20.3 Å². The number of anilines is 1. The van der Waals surface area contributed by atoms with Crippen LogP contribution in [0.25, 0.3) is 0 Å².